The van der Waals surface area contributed by atoms with Gasteiger partial charge in [0.1, 0.15) is 10.0 Å². The molecule has 6 aromatic heterocycles. The van der Waals surface area contributed by atoms with Gasteiger partial charge in [-0.25, -0.2) is 54.5 Å². The van der Waals surface area contributed by atoms with E-state index >= 15 is 0 Å². The number of thiazole rings is 3. The molecule has 0 atom stereocenters. The molecule has 0 radical (unpaired) electrons. The third kappa shape index (κ3) is 23.1. The van der Waals surface area contributed by atoms with E-state index in [-0.39, 0.29) is 114 Å². The molecule has 3 amide bonds. The average Bonchev–Trinajstić information content (AvgIpc) is 1.65. The Morgan fingerprint density at radius 3 is 1.07 bits per heavy atom. The quantitative estimate of drug-likeness (QED) is 0.0144. The van der Waals surface area contributed by atoms with Crippen molar-refractivity contribution in [2.75, 3.05) is 22.6 Å². The molecule has 0 aliphatic carbocycles. The normalized spacial score (nSPS) is 13.0. The van der Waals surface area contributed by atoms with Gasteiger partial charge in [0.2, 0.25) is 5.91 Å². The Hall–Kier alpha value is -13.8. The molecule has 0 bridgehead atoms. The van der Waals surface area contributed by atoms with Crippen LogP contribution in [0.25, 0.3) is 41.5 Å². The van der Waals surface area contributed by atoms with Crippen molar-refractivity contribution < 1.29 is 78.2 Å². The van der Waals surface area contributed by atoms with E-state index in [0.29, 0.717) is 53.2 Å². The van der Waals surface area contributed by atoms with Crippen LogP contribution >= 0.6 is 34.0 Å². The molecule has 616 valence electrons. The fraction of sp³-hybridized carbons (Fsp3) is 0.135. The predicted molar refractivity (Wildman–Crippen MR) is 445 cm³/mol. The number of amides is 3. The second-order valence-electron chi connectivity index (χ2n) is 26.6. The third-order valence-corrected chi connectivity index (χ3v) is 20.2. The number of fused-ring (bicyclic) bond motifs is 3. The van der Waals surface area contributed by atoms with Crippen molar-refractivity contribution in [2.24, 2.45) is 0 Å². The number of anilines is 3. The number of nitrogens with one attached hydrogen (secondary N) is 3. The topological polar surface area (TPSA) is 280 Å². The number of nitrogens with zero attached hydrogens (tertiary/aromatic N) is 6. The Morgan fingerprint density at radius 2 is 0.760 bits per heavy atom. The van der Waals surface area contributed by atoms with Crippen molar-refractivity contribution in [3.05, 3.63) is 364 Å². The number of carbonyl (C=O) groups excluding carboxylic acids is 7. The highest BCUT2D eigenvalue weighted by Crippen LogP contribution is 2.37. The van der Waals surface area contributed by atoms with E-state index in [9.17, 15) is 87.5 Å². The predicted octanol–water partition coefficient (Wildman–Crippen LogP) is 17.3. The average molecular weight is 1710 g/mol. The monoisotopic (exact) mass is 1710 g/mol. The highest BCUT2D eigenvalue weighted by Gasteiger charge is 2.27. The van der Waals surface area contributed by atoms with Gasteiger partial charge in [-0.15, -0.1) is 34.0 Å². The summed E-state index contributed by atoms with van der Waals surface area (Å²) in [5, 5.41) is 23.5. The molecule has 20 nitrogen and oxygen atoms in total. The molecule has 12 aromatic rings. The van der Waals surface area contributed by atoms with E-state index in [4.69, 9.17) is 5.11 Å². The number of aliphatic hydroxyl groups is 1. The van der Waals surface area contributed by atoms with E-state index in [2.05, 4.69) is 30.9 Å². The van der Waals surface area contributed by atoms with Gasteiger partial charge in [-0.05, 0) is 168 Å². The summed E-state index contributed by atoms with van der Waals surface area (Å²) in [6, 6.07) is 30.3. The number of Topliss-reactive ketones (excluding diaryl/α,β-unsaturated/α-hetero) is 3. The molecule has 4 N–H and O–H groups in total. The van der Waals surface area contributed by atoms with Gasteiger partial charge < -0.3 is 34.8 Å². The van der Waals surface area contributed by atoms with Crippen molar-refractivity contribution >= 4 is 134 Å². The summed E-state index contributed by atoms with van der Waals surface area (Å²) in [5.74, 6) is -14.4. The van der Waals surface area contributed by atoms with Crippen LogP contribution in [-0.4, -0.2) is 81.7 Å². The molecule has 6 aromatic carbocycles. The van der Waals surface area contributed by atoms with Gasteiger partial charge in [-0.2, -0.15) is 0 Å². The first-order valence-corrected chi connectivity index (χ1v) is 39.5. The van der Waals surface area contributed by atoms with Crippen LogP contribution in [0.15, 0.2) is 213 Å². The summed E-state index contributed by atoms with van der Waals surface area (Å²) < 4.78 is 124. The summed E-state index contributed by atoms with van der Waals surface area (Å²) in [4.78, 5) is 134. The fourth-order valence-corrected chi connectivity index (χ4v) is 14.0. The lowest BCUT2D eigenvalue weighted by molar-refractivity contribution is -0.115. The maximum Gasteiger partial charge on any atom is 0.261 e. The van der Waals surface area contributed by atoms with Gasteiger partial charge in [0.05, 0.1) is 53.9 Å². The molecule has 32 heteroatoms. The minimum Gasteiger partial charge on any atom is -0.397 e. The summed E-state index contributed by atoms with van der Waals surface area (Å²) in [6.07, 6.45) is 26.0. The first kappa shape index (κ1) is 88.0. The molecular formula is C89H68F9N9O11S3. The van der Waals surface area contributed by atoms with Gasteiger partial charge in [-0.1, -0.05) is 72.9 Å². The Balaban J connectivity index is 0.000000168. The molecule has 0 spiro atoms. The number of pyridine rings is 3. The van der Waals surface area contributed by atoms with Crippen molar-refractivity contribution in [1.82, 2.24) is 28.7 Å². The first-order chi connectivity index (χ1) is 58.3. The number of ketones is 3. The zero-order valence-electron chi connectivity index (χ0n) is 63.6. The van der Waals surface area contributed by atoms with E-state index in [1.807, 2.05) is 89.7 Å². The van der Waals surface area contributed by atoms with Crippen LogP contribution in [-0.2, 0) is 40.4 Å². The van der Waals surface area contributed by atoms with Gasteiger partial charge in [0, 0.05) is 107 Å². The summed E-state index contributed by atoms with van der Waals surface area (Å²) in [7, 11) is 0. The molecular weight excluding hydrogens is 1640 g/mol. The van der Waals surface area contributed by atoms with E-state index < -0.39 is 69.0 Å². The zero-order chi connectivity index (χ0) is 86.4. The van der Waals surface area contributed by atoms with Crippen LogP contribution in [0.4, 0.5) is 56.6 Å². The molecule has 0 saturated carbocycles. The maximum absolute atomic E-state index is 13.5. The highest BCUT2D eigenvalue weighted by atomic mass is 32.1. The Morgan fingerprint density at radius 1 is 0.438 bits per heavy atom. The van der Waals surface area contributed by atoms with Crippen LogP contribution in [0.1, 0.15) is 146 Å². The number of halogens is 9. The van der Waals surface area contributed by atoms with Crippen molar-refractivity contribution in [3.63, 3.8) is 0 Å². The number of benzene rings is 6. The molecule has 9 heterocycles. The lowest BCUT2D eigenvalue weighted by Gasteiger charge is -2.08. The second-order valence-corrected chi connectivity index (χ2v) is 29.4. The van der Waals surface area contributed by atoms with Crippen molar-refractivity contribution in [1.29, 1.82) is 0 Å². The zero-order valence-corrected chi connectivity index (χ0v) is 66.1. The lowest BCUT2D eigenvalue weighted by Crippen LogP contribution is -2.26. The van der Waals surface area contributed by atoms with Gasteiger partial charge >= 0.3 is 0 Å². The number of aldehydes is 1. The van der Waals surface area contributed by atoms with Crippen LogP contribution < -0.4 is 32.6 Å². The van der Waals surface area contributed by atoms with E-state index in [0.717, 1.165) is 105 Å². The SMILES string of the molecule is CCO.O=C1Cc2ccc(/C=C/CCC(=O)c3cccn(Cc4cc(F)c(F)c(F)c4)c3=O)cc2N1.O=C1Nc2cc(/C=C/CCC(=O)c3cccn(Cc4cc(F)c(F)c(F)c4)c3=O)ccc2/C1=C/c1nccs1.O=C1Nc2cc(/C=C/CCC(=O)c3cccn(Cc4cc(F)c(F)c(F)c4)c3=O)ccc2/C1=C\c1nccs1.O=Cc1nccs1. The second kappa shape index (κ2) is 41.5. The fourth-order valence-electron chi connectivity index (χ4n) is 12.4. The minimum atomic E-state index is -1.58. The standard InChI is InChI=1S/2C29H20F3N3O3S.C25H19F3N2O3.C4H3NOS.C2H6O/c2*30-22-12-18(13-23(31)27(22)32)16-35-10-3-5-20(29(35)38)25(36)6-2-1-4-17-7-8-19-21(15-26-33-9-11-39-26)28(37)34-24(19)14-17;26-19-10-16(11-20(27)24(19)28)14-30-9-3-5-18(25(30)33)22(31)6-2-1-4-15-7-8-17-13-23(32)29-21(17)12-15;6-3-4-5-1-2-7-4;1-2-3/h2*1,3-5,7-15H,2,6,16H2,(H,34,37);1,3-5,7-12H,2,6,13-14H2,(H,29,32);1-3H;3H,2H2,1H3/b4-1+,21-15+;4-1+,21-15-;4-1+;;. The smallest absolute Gasteiger partial charge is 0.261 e. The molecule has 3 aliphatic rings. The Labute approximate surface area is 695 Å². The van der Waals surface area contributed by atoms with Crippen molar-refractivity contribution in [3.8, 4) is 0 Å². The third-order valence-electron chi connectivity index (χ3n) is 18.1. The van der Waals surface area contributed by atoms with Crippen LogP contribution in [0.5, 0.6) is 0 Å². The minimum absolute atomic E-state index is 0.0331. The highest BCUT2D eigenvalue weighted by molar-refractivity contribution is 7.11. The van der Waals surface area contributed by atoms with Crippen LogP contribution in [0.3, 0.4) is 0 Å². The summed E-state index contributed by atoms with van der Waals surface area (Å²) in [6.45, 7) is 1.29. The molecule has 0 saturated heterocycles. The number of hydrogen-bond acceptors (Lipinski definition) is 17. The van der Waals surface area contributed by atoms with Gasteiger partial charge in [-0.3, -0.25) is 47.9 Å². The van der Waals surface area contributed by atoms with Crippen LogP contribution in [0, 0.1) is 52.4 Å². The first-order valence-electron chi connectivity index (χ1n) is 36.9. The molecule has 15 rings (SSSR count). The Kier molecular flexibility index (Phi) is 30.2. The van der Waals surface area contributed by atoms with E-state index in [1.54, 1.807) is 55.2 Å². The number of allylic oxidation sites excluding steroid dienone is 3. The molecule has 3 aliphatic heterocycles. The van der Waals surface area contributed by atoms with Crippen molar-refractivity contribution in [2.45, 2.75) is 71.5 Å². The Bertz CT molecular complexity index is 5960. The number of rotatable bonds is 24. The maximum atomic E-state index is 13.5. The lowest BCUT2D eigenvalue weighted by atomic mass is 10.0. The van der Waals surface area contributed by atoms with Crippen LogP contribution in [0.2, 0.25) is 0 Å². The van der Waals surface area contributed by atoms with Gasteiger partial charge in [0.15, 0.2) is 81.0 Å². The van der Waals surface area contributed by atoms with E-state index in [1.165, 1.54) is 89.0 Å². The molecule has 0 unspecified atom stereocenters. The number of hydrogen-bond donors (Lipinski definition) is 4. The van der Waals surface area contributed by atoms with Gasteiger partial charge in [0.25, 0.3) is 28.5 Å². The number of aliphatic hydroxyl groups excluding tert-OH is 1. The number of carbonyl (C=O) groups is 7. The molecule has 0 fully saturated rings. The largest absolute Gasteiger partial charge is 0.397 e. The molecule has 121 heavy (non-hydrogen) atoms. The summed E-state index contributed by atoms with van der Waals surface area (Å²) >= 11 is 4.22. The summed E-state index contributed by atoms with van der Waals surface area (Å²) in [5.41, 5.74) is 6.54. The number of aromatic nitrogens is 6.